The first-order valence-corrected chi connectivity index (χ1v) is 6.06. The van der Waals surface area contributed by atoms with E-state index in [1.54, 1.807) is 0 Å². The van der Waals surface area contributed by atoms with Gasteiger partial charge >= 0.3 is 0 Å². The third kappa shape index (κ3) is 3.64. The van der Waals surface area contributed by atoms with Crippen LogP contribution in [-0.2, 0) is 11.0 Å². The summed E-state index contributed by atoms with van der Waals surface area (Å²) in [7, 11) is -1.36. The molecule has 0 radical (unpaired) electrons. The molecule has 6 heteroatoms. The fourth-order valence-corrected chi connectivity index (χ4v) is 1.44. The molecule has 0 aliphatic rings. The van der Waals surface area contributed by atoms with Gasteiger partial charge in [0.15, 0.2) is 5.82 Å². The summed E-state index contributed by atoms with van der Waals surface area (Å²) in [5, 5.41) is -0.0296. The van der Waals surface area contributed by atoms with Crippen LogP contribution >= 0.6 is 11.6 Å². The molecule has 0 bridgehead atoms. The average Bonchev–Trinajstić information content (AvgIpc) is 2.18. The molecule has 0 spiro atoms. The van der Waals surface area contributed by atoms with Crippen molar-refractivity contribution in [2.24, 2.45) is 4.40 Å². The third-order valence-corrected chi connectivity index (χ3v) is 3.27. The molecular weight excluding hydrogens is 251 g/mol. The minimum absolute atomic E-state index is 0.0296. The lowest BCUT2D eigenvalue weighted by atomic mass is 10.3. The van der Waals surface area contributed by atoms with Crippen LogP contribution in [0.4, 0.5) is 4.39 Å². The SMILES string of the molecule is CC(C)(C)[S@@](=O)/N=C/c1cc(Cl)c(F)cn1. The fraction of sp³-hybridized carbons (Fsp3) is 0.400. The van der Waals surface area contributed by atoms with E-state index in [1.807, 2.05) is 20.8 Å². The van der Waals surface area contributed by atoms with Gasteiger partial charge in [-0.05, 0) is 26.8 Å². The predicted octanol–water partition coefficient (Wildman–Crippen LogP) is 2.76. The zero-order valence-corrected chi connectivity index (χ0v) is 10.8. The van der Waals surface area contributed by atoms with Gasteiger partial charge in [-0.3, -0.25) is 4.98 Å². The van der Waals surface area contributed by atoms with Crippen LogP contribution in [0, 0.1) is 5.82 Å². The third-order valence-electron chi connectivity index (χ3n) is 1.63. The van der Waals surface area contributed by atoms with Crippen LogP contribution < -0.4 is 0 Å². The molecule has 16 heavy (non-hydrogen) atoms. The van der Waals surface area contributed by atoms with Crippen molar-refractivity contribution < 1.29 is 8.60 Å². The van der Waals surface area contributed by atoms with E-state index in [0.717, 1.165) is 6.20 Å². The summed E-state index contributed by atoms with van der Waals surface area (Å²) >= 11 is 5.57. The molecule has 1 atom stereocenters. The molecule has 0 aliphatic heterocycles. The first kappa shape index (κ1) is 13.3. The highest BCUT2D eigenvalue weighted by Gasteiger charge is 2.18. The van der Waals surface area contributed by atoms with Gasteiger partial charge in [-0.15, -0.1) is 0 Å². The lowest BCUT2D eigenvalue weighted by Crippen LogP contribution is -2.19. The maximum absolute atomic E-state index is 12.8. The standard InChI is InChI=1S/C10H12ClFN2OS/c1-10(2,3)16(15)14-5-7-4-8(11)9(12)6-13-7/h4-6H,1-3H3/b14-5+/t16-/m1/s1. The minimum atomic E-state index is -1.36. The van der Waals surface area contributed by atoms with E-state index in [-0.39, 0.29) is 5.02 Å². The summed E-state index contributed by atoms with van der Waals surface area (Å²) in [6, 6.07) is 1.33. The van der Waals surface area contributed by atoms with E-state index in [1.165, 1.54) is 12.3 Å². The largest absolute Gasteiger partial charge is 0.252 e. The normalized spacial score (nSPS) is 14.3. The van der Waals surface area contributed by atoms with Gasteiger partial charge in [0.2, 0.25) is 0 Å². The zero-order valence-electron chi connectivity index (χ0n) is 9.20. The van der Waals surface area contributed by atoms with E-state index in [2.05, 4.69) is 9.38 Å². The summed E-state index contributed by atoms with van der Waals surface area (Å²) in [6.45, 7) is 5.43. The van der Waals surface area contributed by atoms with Gasteiger partial charge in [0.1, 0.15) is 11.0 Å². The van der Waals surface area contributed by atoms with Crippen molar-refractivity contribution in [2.75, 3.05) is 0 Å². The van der Waals surface area contributed by atoms with Crippen molar-refractivity contribution in [3.05, 3.63) is 28.8 Å². The Balaban J connectivity index is 2.85. The second-order valence-corrected chi connectivity index (χ2v) is 6.46. The molecule has 0 fully saturated rings. The Kier molecular flexibility index (Phi) is 4.15. The molecule has 0 unspecified atom stereocenters. The monoisotopic (exact) mass is 262 g/mol. The Morgan fingerprint density at radius 1 is 1.56 bits per heavy atom. The molecule has 0 aromatic carbocycles. The molecule has 0 N–H and O–H groups in total. The number of nitrogens with zero attached hydrogens (tertiary/aromatic N) is 2. The van der Waals surface area contributed by atoms with E-state index in [9.17, 15) is 8.60 Å². The van der Waals surface area contributed by atoms with Crippen LogP contribution in [-0.4, -0.2) is 20.2 Å². The second kappa shape index (κ2) is 5.01. The van der Waals surface area contributed by atoms with Gasteiger partial charge in [-0.1, -0.05) is 11.6 Å². The van der Waals surface area contributed by atoms with Crippen LogP contribution in [0.5, 0.6) is 0 Å². The van der Waals surface area contributed by atoms with Crippen LogP contribution in [0.3, 0.4) is 0 Å². The topological polar surface area (TPSA) is 42.3 Å². The van der Waals surface area contributed by atoms with E-state index in [0.29, 0.717) is 5.69 Å². The Morgan fingerprint density at radius 2 is 2.19 bits per heavy atom. The van der Waals surface area contributed by atoms with Crippen molar-refractivity contribution in [1.29, 1.82) is 0 Å². The number of pyridine rings is 1. The van der Waals surface area contributed by atoms with Crippen LogP contribution in [0.2, 0.25) is 5.02 Å². The Labute approximate surface area is 101 Å². The number of rotatable bonds is 2. The maximum Gasteiger partial charge on any atom is 0.160 e. The summed E-state index contributed by atoms with van der Waals surface area (Å²) in [5.41, 5.74) is 0.379. The molecule has 0 saturated heterocycles. The molecule has 1 heterocycles. The number of aromatic nitrogens is 1. The Bertz CT molecular complexity index is 443. The first-order chi connectivity index (χ1) is 7.30. The highest BCUT2D eigenvalue weighted by molar-refractivity contribution is 7.85. The molecule has 3 nitrogen and oxygen atoms in total. The molecular formula is C10H12ClFN2OS. The minimum Gasteiger partial charge on any atom is -0.252 e. The number of halogens is 2. The Morgan fingerprint density at radius 3 is 2.69 bits per heavy atom. The average molecular weight is 263 g/mol. The zero-order chi connectivity index (χ0) is 12.3. The van der Waals surface area contributed by atoms with Gasteiger partial charge in [-0.25, -0.2) is 8.60 Å². The van der Waals surface area contributed by atoms with Gasteiger partial charge in [0, 0.05) is 0 Å². The first-order valence-electron chi connectivity index (χ1n) is 4.58. The van der Waals surface area contributed by atoms with Gasteiger partial charge < -0.3 is 0 Å². The van der Waals surface area contributed by atoms with Gasteiger partial charge in [0.05, 0.1) is 27.9 Å². The smallest absolute Gasteiger partial charge is 0.160 e. The molecule has 1 aromatic heterocycles. The van der Waals surface area contributed by atoms with E-state index in [4.69, 9.17) is 11.6 Å². The van der Waals surface area contributed by atoms with Crippen molar-refractivity contribution in [3.63, 3.8) is 0 Å². The second-order valence-electron chi connectivity index (χ2n) is 4.12. The van der Waals surface area contributed by atoms with E-state index < -0.39 is 21.5 Å². The summed E-state index contributed by atoms with van der Waals surface area (Å²) in [4.78, 5) is 3.75. The van der Waals surface area contributed by atoms with Crippen molar-refractivity contribution in [1.82, 2.24) is 4.98 Å². The summed E-state index contributed by atoms with van der Waals surface area (Å²) in [5.74, 6) is -0.587. The fourth-order valence-electron chi connectivity index (χ4n) is 0.760. The van der Waals surface area contributed by atoms with Crippen LogP contribution in [0.15, 0.2) is 16.7 Å². The number of hydrogen-bond acceptors (Lipinski definition) is 2. The van der Waals surface area contributed by atoms with Crippen LogP contribution in [0.1, 0.15) is 26.5 Å². The summed E-state index contributed by atoms with van der Waals surface area (Å²) < 4.78 is 27.8. The van der Waals surface area contributed by atoms with Gasteiger partial charge in [-0.2, -0.15) is 4.40 Å². The van der Waals surface area contributed by atoms with Crippen LogP contribution in [0.25, 0.3) is 0 Å². The lowest BCUT2D eigenvalue weighted by Gasteiger charge is -2.12. The molecule has 0 saturated carbocycles. The molecule has 0 aliphatic carbocycles. The molecule has 1 rings (SSSR count). The number of hydrogen-bond donors (Lipinski definition) is 0. The summed E-state index contributed by atoms with van der Waals surface area (Å²) in [6.07, 6.45) is 2.33. The van der Waals surface area contributed by atoms with Crippen molar-refractivity contribution in [3.8, 4) is 0 Å². The van der Waals surface area contributed by atoms with E-state index >= 15 is 0 Å². The quantitative estimate of drug-likeness (QED) is 0.769. The molecule has 0 amide bonds. The highest BCUT2D eigenvalue weighted by atomic mass is 35.5. The van der Waals surface area contributed by atoms with Crippen molar-refractivity contribution in [2.45, 2.75) is 25.5 Å². The Hall–Kier alpha value is -0.810. The van der Waals surface area contributed by atoms with Crippen molar-refractivity contribution >= 4 is 28.8 Å². The molecule has 88 valence electrons. The maximum atomic E-state index is 12.8. The van der Waals surface area contributed by atoms with Gasteiger partial charge in [0.25, 0.3) is 0 Å². The highest BCUT2D eigenvalue weighted by Crippen LogP contribution is 2.14. The predicted molar refractivity (Wildman–Crippen MR) is 64.7 cm³/mol. The lowest BCUT2D eigenvalue weighted by molar-refractivity contribution is 0.621. The molecule has 1 aromatic rings.